The summed E-state index contributed by atoms with van der Waals surface area (Å²) in [6.45, 7) is 0. The summed E-state index contributed by atoms with van der Waals surface area (Å²) in [4.78, 5) is 0. The van der Waals surface area contributed by atoms with Crippen LogP contribution < -0.4 is 0 Å². The lowest BCUT2D eigenvalue weighted by Gasteiger charge is -2.12. The van der Waals surface area contributed by atoms with Crippen LogP contribution in [-0.2, 0) is 6.42 Å². The van der Waals surface area contributed by atoms with Gasteiger partial charge in [-0.2, -0.15) is 0 Å². The van der Waals surface area contributed by atoms with E-state index in [9.17, 15) is 0 Å². The first-order valence-electron chi connectivity index (χ1n) is 5.40. The normalized spacial score (nSPS) is 12.4. The first-order valence-corrected chi connectivity index (χ1v) is 8.21. The molecule has 0 nitrogen and oxygen atoms in total. The third-order valence-corrected chi connectivity index (χ3v) is 4.67. The zero-order valence-electron chi connectivity index (χ0n) is 9.34. The van der Waals surface area contributed by atoms with Crippen molar-refractivity contribution in [3.63, 3.8) is 0 Å². The Balaban J connectivity index is 2.19. The quantitative estimate of drug-likeness (QED) is 0.466. The first kappa shape index (κ1) is 14.6. The van der Waals surface area contributed by atoms with Gasteiger partial charge in [0.05, 0.1) is 5.38 Å². The Bertz CT molecular complexity index is 554. The van der Waals surface area contributed by atoms with Gasteiger partial charge in [-0.25, -0.2) is 0 Å². The largest absolute Gasteiger partial charge is 0.117 e. The van der Waals surface area contributed by atoms with Gasteiger partial charge in [0.1, 0.15) is 0 Å². The SMILES string of the molecule is ClC(Cc1cccc(Br)c1)c1ccc(Br)cc1Br. The van der Waals surface area contributed by atoms with E-state index in [-0.39, 0.29) is 5.38 Å². The number of rotatable bonds is 3. The standard InChI is InChI=1S/C14H10Br3Cl/c15-10-3-1-2-9(6-10)7-14(18)12-5-4-11(16)8-13(12)17/h1-6,8,14H,7H2. The van der Waals surface area contributed by atoms with Gasteiger partial charge in [0.2, 0.25) is 0 Å². The predicted molar refractivity (Wildman–Crippen MR) is 88.3 cm³/mol. The third kappa shape index (κ3) is 3.83. The van der Waals surface area contributed by atoms with Crippen LogP contribution in [0.2, 0.25) is 0 Å². The molecule has 0 saturated heterocycles. The van der Waals surface area contributed by atoms with Crippen LogP contribution in [0, 0.1) is 0 Å². The Hall–Kier alpha value is 0.170. The summed E-state index contributed by atoms with van der Waals surface area (Å²) in [6.07, 6.45) is 0.807. The smallest absolute Gasteiger partial charge is 0.0636 e. The van der Waals surface area contributed by atoms with E-state index in [0.717, 1.165) is 25.4 Å². The van der Waals surface area contributed by atoms with E-state index in [2.05, 4.69) is 59.9 Å². The highest BCUT2D eigenvalue weighted by Crippen LogP contribution is 2.33. The molecule has 0 bridgehead atoms. The number of halogens is 4. The van der Waals surface area contributed by atoms with Crippen molar-refractivity contribution in [3.05, 3.63) is 67.0 Å². The van der Waals surface area contributed by atoms with Gasteiger partial charge in [0.25, 0.3) is 0 Å². The maximum atomic E-state index is 6.49. The van der Waals surface area contributed by atoms with Crippen LogP contribution in [0.15, 0.2) is 55.9 Å². The molecule has 2 aromatic rings. The Labute approximate surface area is 137 Å². The van der Waals surface area contributed by atoms with Crippen molar-refractivity contribution in [2.75, 3.05) is 0 Å². The van der Waals surface area contributed by atoms with Crippen LogP contribution in [0.5, 0.6) is 0 Å². The number of hydrogen-bond donors (Lipinski definition) is 0. The van der Waals surface area contributed by atoms with Gasteiger partial charge in [0.15, 0.2) is 0 Å². The highest BCUT2D eigenvalue weighted by atomic mass is 79.9. The van der Waals surface area contributed by atoms with Crippen LogP contribution in [0.25, 0.3) is 0 Å². The Morgan fingerprint density at radius 3 is 2.33 bits per heavy atom. The highest BCUT2D eigenvalue weighted by molar-refractivity contribution is 9.11. The minimum absolute atomic E-state index is 0.0400. The summed E-state index contributed by atoms with van der Waals surface area (Å²) in [5, 5.41) is -0.0400. The molecule has 18 heavy (non-hydrogen) atoms. The van der Waals surface area contributed by atoms with E-state index in [0.29, 0.717) is 0 Å². The van der Waals surface area contributed by atoms with E-state index in [1.54, 1.807) is 0 Å². The van der Waals surface area contributed by atoms with Crippen molar-refractivity contribution in [2.45, 2.75) is 11.8 Å². The average Bonchev–Trinajstić information content (AvgIpc) is 2.28. The zero-order chi connectivity index (χ0) is 13.1. The van der Waals surface area contributed by atoms with Gasteiger partial charge in [0, 0.05) is 13.4 Å². The molecule has 1 unspecified atom stereocenters. The lowest BCUT2D eigenvalue weighted by atomic mass is 10.0. The summed E-state index contributed by atoms with van der Waals surface area (Å²) in [7, 11) is 0. The van der Waals surface area contributed by atoms with Crippen molar-refractivity contribution in [1.82, 2.24) is 0 Å². The van der Waals surface area contributed by atoms with Gasteiger partial charge in [-0.3, -0.25) is 0 Å². The number of alkyl halides is 1. The predicted octanol–water partition coefficient (Wildman–Crippen LogP) is 6.50. The molecule has 0 N–H and O–H groups in total. The molecule has 2 aromatic carbocycles. The topological polar surface area (TPSA) is 0 Å². The number of hydrogen-bond acceptors (Lipinski definition) is 0. The fraction of sp³-hybridized carbons (Fsp3) is 0.143. The minimum Gasteiger partial charge on any atom is -0.117 e. The van der Waals surface area contributed by atoms with E-state index in [4.69, 9.17) is 11.6 Å². The lowest BCUT2D eigenvalue weighted by Crippen LogP contribution is -1.97. The molecule has 0 spiro atoms. The maximum absolute atomic E-state index is 6.49. The molecule has 0 fully saturated rings. The molecular weight excluding hydrogens is 443 g/mol. The second-order valence-electron chi connectivity index (χ2n) is 3.97. The van der Waals surface area contributed by atoms with Gasteiger partial charge in [-0.15, -0.1) is 11.6 Å². The van der Waals surface area contributed by atoms with E-state index >= 15 is 0 Å². The molecule has 0 aliphatic heterocycles. The Morgan fingerprint density at radius 2 is 1.67 bits per heavy atom. The summed E-state index contributed by atoms with van der Waals surface area (Å²) in [5.41, 5.74) is 2.33. The minimum atomic E-state index is -0.0400. The lowest BCUT2D eigenvalue weighted by molar-refractivity contribution is 0.913. The summed E-state index contributed by atoms with van der Waals surface area (Å²) < 4.78 is 3.16. The van der Waals surface area contributed by atoms with E-state index < -0.39 is 0 Å². The summed E-state index contributed by atoms with van der Waals surface area (Å²) in [6, 6.07) is 14.3. The molecule has 0 amide bonds. The van der Waals surface area contributed by atoms with Crippen LogP contribution >= 0.6 is 59.4 Å². The van der Waals surface area contributed by atoms with Gasteiger partial charge < -0.3 is 0 Å². The van der Waals surface area contributed by atoms with Gasteiger partial charge in [-0.1, -0.05) is 66.0 Å². The summed E-state index contributed by atoms with van der Waals surface area (Å²) in [5.74, 6) is 0. The monoisotopic (exact) mass is 450 g/mol. The van der Waals surface area contributed by atoms with Crippen molar-refractivity contribution >= 4 is 59.4 Å². The Kier molecular flexibility index (Phi) is 5.31. The van der Waals surface area contributed by atoms with Crippen molar-refractivity contribution < 1.29 is 0 Å². The van der Waals surface area contributed by atoms with Crippen LogP contribution in [0.1, 0.15) is 16.5 Å². The number of benzene rings is 2. The molecule has 0 aliphatic rings. The molecule has 1 atom stereocenters. The molecule has 94 valence electrons. The fourth-order valence-electron chi connectivity index (χ4n) is 1.74. The highest BCUT2D eigenvalue weighted by Gasteiger charge is 2.12. The van der Waals surface area contributed by atoms with Crippen LogP contribution in [0.3, 0.4) is 0 Å². The molecule has 0 aliphatic carbocycles. The molecule has 0 heterocycles. The van der Waals surface area contributed by atoms with Crippen molar-refractivity contribution in [2.24, 2.45) is 0 Å². The van der Waals surface area contributed by atoms with Crippen LogP contribution in [-0.4, -0.2) is 0 Å². The van der Waals surface area contributed by atoms with Crippen molar-refractivity contribution in [1.29, 1.82) is 0 Å². The van der Waals surface area contributed by atoms with Crippen LogP contribution in [0.4, 0.5) is 0 Å². The molecule has 0 saturated carbocycles. The maximum Gasteiger partial charge on any atom is 0.0636 e. The van der Waals surface area contributed by atoms with Gasteiger partial charge >= 0.3 is 0 Å². The third-order valence-electron chi connectivity index (χ3n) is 2.60. The summed E-state index contributed by atoms with van der Waals surface area (Å²) >= 11 is 17.0. The zero-order valence-corrected chi connectivity index (χ0v) is 14.9. The second-order valence-corrected chi connectivity index (χ2v) is 7.18. The first-order chi connectivity index (χ1) is 8.56. The Morgan fingerprint density at radius 1 is 0.944 bits per heavy atom. The molecular formula is C14H10Br3Cl. The molecule has 0 radical (unpaired) electrons. The molecule has 0 aromatic heterocycles. The second kappa shape index (κ2) is 6.56. The van der Waals surface area contributed by atoms with E-state index in [1.807, 2.05) is 30.3 Å². The van der Waals surface area contributed by atoms with Crippen molar-refractivity contribution in [3.8, 4) is 0 Å². The molecule has 4 heteroatoms. The van der Waals surface area contributed by atoms with E-state index in [1.165, 1.54) is 5.56 Å². The average molecular weight is 453 g/mol. The van der Waals surface area contributed by atoms with Gasteiger partial charge in [-0.05, 0) is 41.8 Å². The molecule has 2 rings (SSSR count). The fourth-order valence-corrected chi connectivity index (χ4v) is 4.01.